The first-order chi connectivity index (χ1) is 12.3. The molecule has 0 saturated heterocycles. The predicted octanol–water partition coefficient (Wildman–Crippen LogP) is 8.15. The van der Waals surface area contributed by atoms with E-state index in [0.717, 1.165) is 12.8 Å². The maximum Gasteiger partial charge on any atom is 0.194 e. The van der Waals surface area contributed by atoms with Crippen LogP contribution in [0.2, 0.25) is 18.1 Å². The Kier molecular flexibility index (Phi) is 9.88. The molecule has 0 N–H and O–H groups in total. The first-order valence-electron chi connectivity index (χ1n) is 10.7. The molecule has 0 aliphatic rings. The lowest BCUT2D eigenvalue weighted by Crippen LogP contribution is -2.45. The van der Waals surface area contributed by atoms with Crippen molar-refractivity contribution < 1.29 is 4.43 Å². The van der Waals surface area contributed by atoms with E-state index in [0.29, 0.717) is 0 Å². The number of benzene rings is 1. The molecular weight excluding hydrogens is 332 g/mol. The van der Waals surface area contributed by atoms with E-state index in [2.05, 4.69) is 78.8 Å². The number of aryl methyl sites for hydroxylation is 1. The van der Waals surface area contributed by atoms with Gasteiger partial charge in [0.05, 0.1) is 5.60 Å². The maximum absolute atomic E-state index is 7.26. The van der Waals surface area contributed by atoms with Gasteiger partial charge in [0.25, 0.3) is 0 Å². The SMILES string of the molecule is CCC[Si](CCC)(CCC)OC(C)(CCC=C(C)C)c1ccc(C)cc1. The molecule has 1 aromatic rings. The summed E-state index contributed by atoms with van der Waals surface area (Å²) in [6.07, 6.45) is 8.23. The predicted molar refractivity (Wildman–Crippen MR) is 119 cm³/mol. The van der Waals surface area contributed by atoms with Crippen molar-refractivity contribution in [2.45, 2.75) is 104 Å². The van der Waals surface area contributed by atoms with E-state index < -0.39 is 8.32 Å². The highest BCUT2D eigenvalue weighted by Gasteiger charge is 2.40. The zero-order valence-corrected chi connectivity index (χ0v) is 19.5. The monoisotopic (exact) mass is 374 g/mol. The molecule has 0 aromatic heterocycles. The van der Waals surface area contributed by atoms with Crippen molar-refractivity contribution in [1.29, 1.82) is 0 Å². The average molecular weight is 375 g/mol. The van der Waals surface area contributed by atoms with Gasteiger partial charge in [0, 0.05) is 0 Å². The molecule has 0 saturated carbocycles. The first kappa shape index (κ1) is 23.2. The molecule has 0 fully saturated rings. The molecule has 0 radical (unpaired) electrons. The Bertz CT molecular complexity index is 525. The summed E-state index contributed by atoms with van der Waals surface area (Å²) < 4.78 is 7.26. The van der Waals surface area contributed by atoms with Crippen LogP contribution in [0.1, 0.15) is 84.8 Å². The lowest BCUT2D eigenvalue weighted by atomic mass is 9.90. The van der Waals surface area contributed by atoms with Crippen LogP contribution in [-0.2, 0) is 10.0 Å². The average Bonchev–Trinajstić information content (AvgIpc) is 2.55. The van der Waals surface area contributed by atoms with Gasteiger partial charge in [0.2, 0.25) is 0 Å². The van der Waals surface area contributed by atoms with Crippen LogP contribution in [0, 0.1) is 6.92 Å². The smallest absolute Gasteiger partial charge is 0.194 e. The van der Waals surface area contributed by atoms with Crippen LogP contribution in [0.3, 0.4) is 0 Å². The van der Waals surface area contributed by atoms with Gasteiger partial charge in [-0.3, -0.25) is 0 Å². The molecule has 1 atom stereocenters. The third-order valence-corrected chi connectivity index (χ3v) is 10.5. The van der Waals surface area contributed by atoms with Crippen molar-refractivity contribution in [3.63, 3.8) is 0 Å². The molecular formula is C24H42OSi. The Morgan fingerprint density at radius 3 is 1.88 bits per heavy atom. The second kappa shape index (κ2) is 11.1. The van der Waals surface area contributed by atoms with Gasteiger partial charge >= 0.3 is 0 Å². The molecule has 1 rings (SSSR count). The van der Waals surface area contributed by atoms with Crippen molar-refractivity contribution in [2.75, 3.05) is 0 Å². The van der Waals surface area contributed by atoms with Crippen LogP contribution in [0.25, 0.3) is 0 Å². The molecule has 0 heterocycles. The van der Waals surface area contributed by atoms with E-state index in [1.165, 1.54) is 54.1 Å². The maximum atomic E-state index is 7.26. The standard InChI is InChI=1S/C24H42OSi/c1-8-18-26(19-9-2,20-10-3)25-24(7,17-11-12-21(4)5)23-15-13-22(6)14-16-23/h12-16H,8-11,17-20H2,1-7H3. The zero-order valence-electron chi connectivity index (χ0n) is 18.5. The highest BCUT2D eigenvalue weighted by atomic mass is 28.4. The van der Waals surface area contributed by atoms with E-state index in [-0.39, 0.29) is 5.60 Å². The highest BCUT2D eigenvalue weighted by molar-refractivity contribution is 6.73. The van der Waals surface area contributed by atoms with Crippen LogP contribution >= 0.6 is 0 Å². The molecule has 148 valence electrons. The molecule has 0 aliphatic carbocycles. The van der Waals surface area contributed by atoms with Crippen molar-refractivity contribution in [3.8, 4) is 0 Å². The minimum Gasteiger partial charge on any atom is -0.408 e. The quantitative estimate of drug-likeness (QED) is 0.265. The Balaban J connectivity index is 3.22. The fraction of sp³-hybridized carbons (Fsp3) is 0.667. The molecule has 26 heavy (non-hydrogen) atoms. The van der Waals surface area contributed by atoms with E-state index >= 15 is 0 Å². The minimum absolute atomic E-state index is 0.175. The second-order valence-electron chi connectivity index (χ2n) is 8.45. The second-order valence-corrected chi connectivity index (χ2v) is 12.5. The third kappa shape index (κ3) is 7.04. The summed E-state index contributed by atoms with van der Waals surface area (Å²) in [6.45, 7) is 15.9. The Hall–Kier alpha value is -0.863. The Morgan fingerprint density at radius 2 is 1.46 bits per heavy atom. The van der Waals surface area contributed by atoms with E-state index in [1.807, 2.05) is 0 Å². The van der Waals surface area contributed by atoms with Crippen LogP contribution in [0.15, 0.2) is 35.9 Å². The van der Waals surface area contributed by atoms with Gasteiger partial charge in [-0.1, -0.05) is 81.5 Å². The molecule has 1 nitrogen and oxygen atoms in total. The summed E-state index contributed by atoms with van der Waals surface area (Å²) in [5.41, 5.74) is 3.89. The lowest BCUT2D eigenvalue weighted by molar-refractivity contribution is 0.0631. The summed E-state index contributed by atoms with van der Waals surface area (Å²) in [6, 6.07) is 12.9. The molecule has 0 amide bonds. The summed E-state index contributed by atoms with van der Waals surface area (Å²) in [4.78, 5) is 0. The van der Waals surface area contributed by atoms with Gasteiger partial charge in [-0.15, -0.1) is 0 Å². The van der Waals surface area contributed by atoms with Crippen molar-refractivity contribution in [3.05, 3.63) is 47.0 Å². The molecule has 2 heteroatoms. The lowest BCUT2D eigenvalue weighted by Gasteiger charge is -2.42. The van der Waals surface area contributed by atoms with Gasteiger partial charge in [-0.25, -0.2) is 0 Å². The zero-order chi connectivity index (χ0) is 19.6. The van der Waals surface area contributed by atoms with Crippen molar-refractivity contribution in [1.82, 2.24) is 0 Å². The van der Waals surface area contributed by atoms with E-state index in [4.69, 9.17) is 4.43 Å². The summed E-state index contributed by atoms with van der Waals surface area (Å²) in [5.74, 6) is 0. The van der Waals surface area contributed by atoms with Gasteiger partial charge in [0.1, 0.15) is 0 Å². The molecule has 1 unspecified atom stereocenters. The number of allylic oxidation sites excluding steroid dienone is 2. The Labute approximate surface area is 164 Å². The van der Waals surface area contributed by atoms with Gasteiger partial charge < -0.3 is 4.43 Å². The van der Waals surface area contributed by atoms with E-state index in [9.17, 15) is 0 Å². The normalized spacial score (nSPS) is 14.1. The molecule has 0 aliphatic heterocycles. The first-order valence-corrected chi connectivity index (χ1v) is 13.2. The molecule has 1 aromatic carbocycles. The van der Waals surface area contributed by atoms with Crippen molar-refractivity contribution >= 4 is 8.32 Å². The highest BCUT2D eigenvalue weighted by Crippen LogP contribution is 2.39. The van der Waals surface area contributed by atoms with Crippen LogP contribution in [0.4, 0.5) is 0 Å². The largest absolute Gasteiger partial charge is 0.408 e. The number of hydrogen-bond donors (Lipinski definition) is 0. The van der Waals surface area contributed by atoms with E-state index in [1.54, 1.807) is 0 Å². The van der Waals surface area contributed by atoms with Gasteiger partial charge in [-0.2, -0.15) is 0 Å². The summed E-state index contributed by atoms with van der Waals surface area (Å²) >= 11 is 0. The fourth-order valence-corrected chi connectivity index (χ4v) is 9.13. The summed E-state index contributed by atoms with van der Waals surface area (Å²) in [5, 5.41) is 0. The Morgan fingerprint density at radius 1 is 0.962 bits per heavy atom. The molecule has 0 bridgehead atoms. The van der Waals surface area contributed by atoms with Gasteiger partial charge in [0.15, 0.2) is 8.32 Å². The number of rotatable bonds is 12. The van der Waals surface area contributed by atoms with Crippen LogP contribution in [0.5, 0.6) is 0 Å². The topological polar surface area (TPSA) is 9.23 Å². The number of hydrogen-bond acceptors (Lipinski definition) is 1. The van der Waals surface area contributed by atoms with Crippen LogP contribution in [-0.4, -0.2) is 8.32 Å². The van der Waals surface area contributed by atoms with Crippen molar-refractivity contribution in [2.24, 2.45) is 0 Å². The molecule has 0 spiro atoms. The van der Waals surface area contributed by atoms with Crippen LogP contribution < -0.4 is 0 Å². The third-order valence-electron chi connectivity index (χ3n) is 5.39. The summed E-state index contributed by atoms with van der Waals surface area (Å²) in [7, 11) is -1.73. The van der Waals surface area contributed by atoms with Gasteiger partial charge in [-0.05, 0) is 64.2 Å². The fourth-order valence-electron chi connectivity index (χ4n) is 4.17. The minimum atomic E-state index is -1.73.